The number of benzene rings is 1. The summed E-state index contributed by atoms with van der Waals surface area (Å²) in [6.07, 6.45) is 4.51. The van der Waals surface area contributed by atoms with Gasteiger partial charge in [0.1, 0.15) is 11.4 Å². The van der Waals surface area contributed by atoms with Gasteiger partial charge in [0.15, 0.2) is 5.66 Å². The second-order valence-corrected chi connectivity index (χ2v) is 10.9. The second-order valence-electron chi connectivity index (χ2n) is 8.95. The molecule has 2 aromatic heterocycles. The first kappa shape index (κ1) is 23.2. The monoisotopic (exact) mass is 468 g/mol. The third kappa shape index (κ3) is 4.86. The van der Waals surface area contributed by atoms with Crippen LogP contribution in [0, 0.1) is 12.8 Å². The van der Waals surface area contributed by atoms with Crippen LogP contribution in [0.3, 0.4) is 0 Å². The first-order chi connectivity index (χ1) is 15.6. The number of aryl methyl sites for hydroxylation is 1. The summed E-state index contributed by atoms with van der Waals surface area (Å²) in [5.41, 5.74) is 0.305. The van der Waals surface area contributed by atoms with E-state index in [0.717, 1.165) is 16.3 Å². The average molecular weight is 469 g/mol. The fourth-order valence-corrected chi connectivity index (χ4v) is 5.30. The zero-order valence-electron chi connectivity index (χ0n) is 19.4. The maximum Gasteiger partial charge on any atom is 0.243 e. The van der Waals surface area contributed by atoms with Crippen LogP contribution in [0.2, 0.25) is 0 Å². The van der Waals surface area contributed by atoms with E-state index >= 15 is 0 Å². The molecule has 0 saturated heterocycles. The van der Waals surface area contributed by atoms with Gasteiger partial charge in [-0.2, -0.15) is 4.31 Å². The summed E-state index contributed by atoms with van der Waals surface area (Å²) in [4.78, 5) is 13.7. The van der Waals surface area contributed by atoms with Gasteiger partial charge >= 0.3 is 0 Å². The minimum Gasteiger partial charge on any atom is -0.424 e. The Hall–Kier alpha value is -2.98. The van der Waals surface area contributed by atoms with Gasteiger partial charge in [0, 0.05) is 26.6 Å². The van der Waals surface area contributed by atoms with E-state index in [-0.39, 0.29) is 10.8 Å². The first-order valence-corrected chi connectivity index (χ1v) is 12.3. The highest BCUT2D eigenvalue weighted by Gasteiger charge is 2.33. The Morgan fingerprint density at radius 3 is 2.36 bits per heavy atom. The molecule has 0 amide bonds. The Bertz CT molecular complexity index is 1330. The van der Waals surface area contributed by atoms with Gasteiger partial charge in [0.25, 0.3) is 0 Å². The third-order valence-corrected chi connectivity index (χ3v) is 7.48. The maximum absolute atomic E-state index is 13.4. The zero-order valence-corrected chi connectivity index (χ0v) is 20.2. The number of nitrogens with zero attached hydrogens (tertiary/aromatic N) is 6. The van der Waals surface area contributed by atoms with Crippen molar-refractivity contribution in [3.05, 3.63) is 70.8 Å². The predicted molar refractivity (Wildman–Crippen MR) is 121 cm³/mol. The lowest BCUT2D eigenvalue weighted by Gasteiger charge is -2.26. The Labute approximate surface area is 193 Å². The Balaban J connectivity index is 1.56. The molecular weight excluding hydrogens is 440 g/mol. The number of aromatic nitrogens is 3. The molecule has 1 aromatic carbocycles. The number of hydrogen-bond acceptors (Lipinski definition) is 8. The quantitative estimate of drug-likeness (QED) is 0.501. The van der Waals surface area contributed by atoms with Gasteiger partial charge in [0.05, 0.1) is 16.4 Å². The molecule has 0 spiro atoms. The molecule has 9 nitrogen and oxygen atoms in total. The van der Waals surface area contributed by atoms with Crippen molar-refractivity contribution >= 4 is 10.0 Å². The topological polar surface area (TPSA) is 114 Å². The fraction of sp³-hybridized carbons (Fsp3) is 0.435. The number of sulfonamides is 1. The highest BCUT2D eigenvalue weighted by Crippen LogP contribution is 2.31. The average Bonchev–Trinajstić information content (AvgIpc) is 3.33. The number of rotatable bonds is 8. The smallest absolute Gasteiger partial charge is 0.243 e. The summed E-state index contributed by atoms with van der Waals surface area (Å²) in [5, 5.41) is 9.54. The molecule has 33 heavy (non-hydrogen) atoms. The van der Waals surface area contributed by atoms with Crippen molar-refractivity contribution in [2.75, 3.05) is 7.05 Å². The van der Waals surface area contributed by atoms with Crippen molar-refractivity contribution in [1.29, 1.82) is 0 Å². The van der Waals surface area contributed by atoms with Gasteiger partial charge in [-0.25, -0.2) is 8.42 Å². The van der Waals surface area contributed by atoms with Crippen LogP contribution in [0.1, 0.15) is 50.6 Å². The van der Waals surface area contributed by atoms with E-state index in [4.69, 9.17) is 9.41 Å². The van der Waals surface area contributed by atoms with Crippen LogP contribution in [-0.2, 0) is 16.4 Å². The molecule has 2 atom stereocenters. The summed E-state index contributed by atoms with van der Waals surface area (Å²) >= 11 is 0. The van der Waals surface area contributed by atoms with Crippen molar-refractivity contribution in [2.45, 2.75) is 57.1 Å². The van der Waals surface area contributed by atoms with Crippen LogP contribution in [0.15, 0.2) is 62.0 Å². The zero-order chi connectivity index (χ0) is 23.8. The number of fused-ring (bicyclic) bond motifs is 1. The van der Waals surface area contributed by atoms with Crippen LogP contribution >= 0.6 is 0 Å². The van der Waals surface area contributed by atoms with Crippen LogP contribution in [0.4, 0.5) is 0 Å². The summed E-state index contributed by atoms with van der Waals surface area (Å²) in [7, 11) is -2.22. The lowest BCUT2D eigenvalue weighted by atomic mass is 10.0. The lowest BCUT2D eigenvalue weighted by molar-refractivity contribution is 0.268. The number of hydrogen-bond donors (Lipinski definition) is 0. The Morgan fingerprint density at radius 1 is 1.06 bits per heavy atom. The minimum atomic E-state index is -3.78. The summed E-state index contributed by atoms with van der Waals surface area (Å²) in [6, 6.07) is 8.17. The SMILES string of the molecule is Cc1nnc(C(CC(C)C)N(C)S(=O)(=O)c2ccc(CC3(C)N=c4ccncc4=N3)cc2)o1. The lowest BCUT2D eigenvalue weighted by Crippen LogP contribution is -2.32. The Kier molecular flexibility index (Phi) is 6.15. The second kappa shape index (κ2) is 8.75. The molecule has 10 heteroatoms. The molecule has 1 aliphatic heterocycles. The van der Waals surface area contributed by atoms with Crippen molar-refractivity contribution in [3.63, 3.8) is 0 Å². The van der Waals surface area contributed by atoms with E-state index in [1.807, 2.05) is 39.0 Å². The van der Waals surface area contributed by atoms with Gasteiger partial charge in [-0.1, -0.05) is 26.0 Å². The molecule has 174 valence electrons. The molecule has 3 heterocycles. The van der Waals surface area contributed by atoms with Crippen molar-refractivity contribution < 1.29 is 12.8 Å². The van der Waals surface area contributed by atoms with E-state index in [9.17, 15) is 8.42 Å². The molecule has 0 radical (unpaired) electrons. The molecule has 0 fully saturated rings. The van der Waals surface area contributed by atoms with Crippen LogP contribution in [0.25, 0.3) is 0 Å². The van der Waals surface area contributed by atoms with Crippen LogP contribution in [-0.4, -0.2) is 40.6 Å². The molecule has 4 rings (SSSR count). The van der Waals surface area contributed by atoms with Gasteiger partial charge in [-0.3, -0.25) is 15.0 Å². The van der Waals surface area contributed by atoms with E-state index in [1.165, 1.54) is 4.31 Å². The minimum absolute atomic E-state index is 0.205. The van der Waals surface area contributed by atoms with Crippen LogP contribution < -0.4 is 10.7 Å². The molecule has 2 unspecified atom stereocenters. The van der Waals surface area contributed by atoms with Gasteiger partial charge in [-0.15, -0.1) is 10.2 Å². The highest BCUT2D eigenvalue weighted by molar-refractivity contribution is 7.89. The maximum atomic E-state index is 13.4. The molecule has 0 bridgehead atoms. The summed E-state index contributed by atoms with van der Waals surface area (Å²) in [5.74, 6) is 0.944. The summed E-state index contributed by atoms with van der Waals surface area (Å²) < 4.78 is 33.7. The molecule has 1 aliphatic rings. The first-order valence-electron chi connectivity index (χ1n) is 10.8. The largest absolute Gasteiger partial charge is 0.424 e. The third-order valence-electron chi connectivity index (χ3n) is 5.60. The molecule has 0 aliphatic carbocycles. The molecule has 0 saturated carbocycles. The van der Waals surface area contributed by atoms with E-state index in [1.54, 1.807) is 38.5 Å². The van der Waals surface area contributed by atoms with Crippen molar-refractivity contribution in [3.8, 4) is 0 Å². The molecule has 3 aromatic rings. The fourth-order valence-electron chi connectivity index (χ4n) is 3.98. The van der Waals surface area contributed by atoms with Crippen molar-refractivity contribution in [2.24, 2.45) is 15.9 Å². The van der Waals surface area contributed by atoms with Gasteiger partial charge < -0.3 is 4.42 Å². The Morgan fingerprint density at radius 2 is 1.76 bits per heavy atom. The predicted octanol–water partition coefficient (Wildman–Crippen LogP) is 2.39. The van der Waals surface area contributed by atoms with E-state index in [0.29, 0.717) is 24.6 Å². The van der Waals surface area contributed by atoms with Crippen LogP contribution in [0.5, 0.6) is 0 Å². The van der Waals surface area contributed by atoms with E-state index < -0.39 is 21.7 Å². The molecule has 0 N–H and O–H groups in total. The standard InChI is InChI=1S/C23H28N6O3S/c1-15(2)12-21(22-28-27-16(3)32-22)29(5)33(30,31)18-8-6-17(7-9-18)13-23(4)25-19-10-11-24-14-20(19)26-23/h6-11,14-15,21H,12-13H2,1-5H3. The molecular formula is C23H28N6O3S. The highest BCUT2D eigenvalue weighted by atomic mass is 32.2. The van der Waals surface area contributed by atoms with Gasteiger partial charge in [-0.05, 0) is 43.0 Å². The van der Waals surface area contributed by atoms with Gasteiger partial charge in [0.2, 0.25) is 21.8 Å². The normalized spacial score (nSPS) is 18.8. The van der Waals surface area contributed by atoms with Crippen molar-refractivity contribution in [1.82, 2.24) is 19.5 Å². The van der Waals surface area contributed by atoms with E-state index in [2.05, 4.69) is 20.2 Å². The number of pyridine rings is 1. The summed E-state index contributed by atoms with van der Waals surface area (Å²) in [6.45, 7) is 7.70.